The average Bonchev–Trinajstić information content (AvgIpc) is 2.34. The van der Waals surface area contributed by atoms with Crippen molar-refractivity contribution in [1.82, 2.24) is 4.98 Å². The number of anilines is 2. The molecule has 90 valence electrons. The van der Waals surface area contributed by atoms with Crippen molar-refractivity contribution in [2.24, 2.45) is 0 Å². The van der Waals surface area contributed by atoms with E-state index in [2.05, 4.69) is 10.3 Å². The van der Waals surface area contributed by atoms with Gasteiger partial charge in [0.15, 0.2) is 11.6 Å². The molecular formula is C12H6ClF2N3. The predicted molar refractivity (Wildman–Crippen MR) is 63.6 cm³/mol. The summed E-state index contributed by atoms with van der Waals surface area (Å²) in [5.74, 6) is -1.82. The monoisotopic (exact) mass is 265 g/mol. The quantitative estimate of drug-likeness (QED) is 0.844. The van der Waals surface area contributed by atoms with Crippen molar-refractivity contribution in [3.63, 3.8) is 0 Å². The molecule has 1 heterocycles. The zero-order valence-corrected chi connectivity index (χ0v) is 9.67. The Morgan fingerprint density at radius 1 is 1.28 bits per heavy atom. The molecule has 0 bridgehead atoms. The normalized spacial score (nSPS) is 9.89. The summed E-state index contributed by atoms with van der Waals surface area (Å²) < 4.78 is 26.4. The molecule has 18 heavy (non-hydrogen) atoms. The minimum absolute atomic E-state index is 0.0753. The highest BCUT2D eigenvalue weighted by atomic mass is 35.5. The maximum atomic E-state index is 13.4. The van der Waals surface area contributed by atoms with Crippen LogP contribution in [0.5, 0.6) is 0 Å². The molecule has 0 radical (unpaired) electrons. The second-order valence-electron chi connectivity index (χ2n) is 3.40. The number of hydrogen-bond donors (Lipinski definition) is 1. The lowest BCUT2D eigenvalue weighted by atomic mass is 10.2. The van der Waals surface area contributed by atoms with E-state index in [1.165, 1.54) is 24.3 Å². The largest absolute Gasteiger partial charge is 0.338 e. The standard InChI is InChI=1S/C12H6ClF2N3/c13-10-4-7(6-16)5-11(18-10)17-9-3-1-2-8(14)12(9)15/h1-5H,(H,17,18). The molecule has 2 aromatic rings. The number of nitrogens with one attached hydrogen (secondary N) is 1. The van der Waals surface area contributed by atoms with Gasteiger partial charge in [-0.25, -0.2) is 13.8 Å². The van der Waals surface area contributed by atoms with Crippen LogP contribution >= 0.6 is 11.6 Å². The van der Waals surface area contributed by atoms with Crippen LogP contribution < -0.4 is 5.32 Å². The van der Waals surface area contributed by atoms with Crippen molar-refractivity contribution >= 4 is 23.1 Å². The van der Waals surface area contributed by atoms with E-state index in [9.17, 15) is 8.78 Å². The van der Waals surface area contributed by atoms with E-state index in [4.69, 9.17) is 16.9 Å². The third-order valence-corrected chi connectivity index (χ3v) is 2.33. The van der Waals surface area contributed by atoms with Gasteiger partial charge in [0.1, 0.15) is 11.0 Å². The second-order valence-corrected chi connectivity index (χ2v) is 3.79. The van der Waals surface area contributed by atoms with E-state index >= 15 is 0 Å². The van der Waals surface area contributed by atoms with Crippen LogP contribution in [0.4, 0.5) is 20.3 Å². The first kappa shape index (κ1) is 12.3. The summed E-state index contributed by atoms with van der Waals surface area (Å²) in [6.45, 7) is 0. The van der Waals surface area contributed by atoms with E-state index in [1.807, 2.05) is 6.07 Å². The summed E-state index contributed by atoms with van der Waals surface area (Å²) in [5.41, 5.74) is 0.197. The van der Waals surface area contributed by atoms with Crippen molar-refractivity contribution in [3.05, 3.63) is 52.7 Å². The van der Waals surface area contributed by atoms with Crippen molar-refractivity contribution in [3.8, 4) is 6.07 Å². The molecule has 1 aromatic carbocycles. The zero-order chi connectivity index (χ0) is 13.1. The van der Waals surface area contributed by atoms with Gasteiger partial charge < -0.3 is 5.32 Å². The van der Waals surface area contributed by atoms with E-state index in [0.717, 1.165) is 6.07 Å². The van der Waals surface area contributed by atoms with Crippen molar-refractivity contribution in [2.75, 3.05) is 5.32 Å². The maximum Gasteiger partial charge on any atom is 0.182 e. The van der Waals surface area contributed by atoms with Crippen LogP contribution in [-0.4, -0.2) is 4.98 Å². The summed E-state index contributed by atoms with van der Waals surface area (Å²) >= 11 is 5.70. The molecule has 0 spiro atoms. The Morgan fingerprint density at radius 2 is 2.06 bits per heavy atom. The van der Waals surface area contributed by atoms with Crippen LogP contribution in [0.15, 0.2) is 30.3 Å². The Labute approximate surface area is 107 Å². The molecule has 0 amide bonds. The van der Waals surface area contributed by atoms with Crippen LogP contribution in [0.3, 0.4) is 0 Å². The van der Waals surface area contributed by atoms with Gasteiger partial charge in [-0.05, 0) is 24.3 Å². The van der Waals surface area contributed by atoms with E-state index < -0.39 is 11.6 Å². The Hall–Kier alpha value is -2.19. The minimum atomic E-state index is -1.02. The first-order valence-electron chi connectivity index (χ1n) is 4.89. The molecule has 0 aliphatic heterocycles. The van der Waals surface area contributed by atoms with E-state index in [1.54, 1.807) is 0 Å². The SMILES string of the molecule is N#Cc1cc(Cl)nc(Nc2cccc(F)c2F)c1. The summed E-state index contributed by atoms with van der Waals surface area (Å²) in [5, 5.41) is 11.4. The smallest absolute Gasteiger partial charge is 0.182 e. The van der Waals surface area contributed by atoms with E-state index in [-0.39, 0.29) is 22.2 Å². The zero-order valence-electron chi connectivity index (χ0n) is 8.92. The molecule has 0 unspecified atom stereocenters. The molecule has 0 fully saturated rings. The van der Waals surface area contributed by atoms with Crippen molar-refractivity contribution in [2.45, 2.75) is 0 Å². The molecule has 0 atom stereocenters. The van der Waals surface area contributed by atoms with Crippen LogP contribution in [0.2, 0.25) is 5.15 Å². The fourth-order valence-electron chi connectivity index (χ4n) is 1.36. The predicted octanol–water partition coefficient (Wildman–Crippen LogP) is 3.63. The van der Waals surface area contributed by atoms with Gasteiger partial charge in [0.05, 0.1) is 17.3 Å². The highest BCUT2D eigenvalue weighted by molar-refractivity contribution is 6.29. The molecule has 0 aliphatic carbocycles. The third kappa shape index (κ3) is 2.55. The van der Waals surface area contributed by atoms with Crippen LogP contribution in [-0.2, 0) is 0 Å². The topological polar surface area (TPSA) is 48.7 Å². The Kier molecular flexibility index (Phi) is 3.40. The van der Waals surface area contributed by atoms with Gasteiger partial charge in [-0.2, -0.15) is 5.26 Å². The molecule has 1 aromatic heterocycles. The number of aromatic nitrogens is 1. The maximum absolute atomic E-state index is 13.4. The molecule has 0 saturated heterocycles. The van der Waals surface area contributed by atoms with Crippen LogP contribution in [0, 0.1) is 23.0 Å². The number of rotatable bonds is 2. The minimum Gasteiger partial charge on any atom is -0.338 e. The third-order valence-electron chi connectivity index (χ3n) is 2.14. The van der Waals surface area contributed by atoms with Crippen LogP contribution in [0.25, 0.3) is 0 Å². The highest BCUT2D eigenvalue weighted by Gasteiger charge is 2.09. The van der Waals surface area contributed by atoms with Gasteiger partial charge in [0, 0.05) is 0 Å². The Balaban J connectivity index is 2.37. The number of pyridine rings is 1. The van der Waals surface area contributed by atoms with Gasteiger partial charge in [0.2, 0.25) is 0 Å². The van der Waals surface area contributed by atoms with Crippen LogP contribution in [0.1, 0.15) is 5.56 Å². The Bertz CT molecular complexity index is 638. The second kappa shape index (κ2) is 4.98. The lowest BCUT2D eigenvalue weighted by Gasteiger charge is -2.07. The Morgan fingerprint density at radius 3 is 2.78 bits per heavy atom. The average molecular weight is 266 g/mol. The summed E-state index contributed by atoms with van der Waals surface area (Å²) in [6.07, 6.45) is 0. The molecule has 0 aliphatic rings. The lowest BCUT2D eigenvalue weighted by molar-refractivity contribution is 0.511. The molecular weight excluding hydrogens is 260 g/mol. The highest BCUT2D eigenvalue weighted by Crippen LogP contribution is 2.22. The van der Waals surface area contributed by atoms with Gasteiger partial charge in [-0.1, -0.05) is 17.7 Å². The van der Waals surface area contributed by atoms with E-state index in [0.29, 0.717) is 0 Å². The van der Waals surface area contributed by atoms with Gasteiger partial charge in [0.25, 0.3) is 0 Å². The fourth-order valence-corrected chi connectivity index (χ4v) is 1.57. The molecule has 1 N–H and O–H groups in total. The number of hydrogen-bond acceptors (Lipinski definition) is 3. The molecule has 6 heteroatoms. The number of nitrogens with zero attached hydrogens (tertiary/aromatic N) is 2. The fraction of sp³-hybridized carbons (Fsp3) is 0. The molecule has 2 rings (SSSR count). The van der Waals surface area contributed by atoms with Gasteiger partial charge in [-0.15, -0.1) is 0 Å². The lowest BCUT2D eigenvalue weighted by Crippen LogP contribution is -1.98. The van der Waals surface area contributed by atoms with Crippen molar-refractivity contribution in [1.29, 1.82) is 5.26 Å². The molecule has 0 saturated carbocycles. The molecule has 3 nitrogen and oxygen atoms in total. The first-order chi connectivity index (χ1) is 8.60. The summed E-state index contributed by atoms with van der Waals surface area (Å²) in [6, 6.07) is 8.36. The number of halogens is 3. The summed E-state index contributed by atoms with van der Waals surface area (Å²) in [7, 11) is 0. The van der Waals surface area contributed by atoms with Crippen molar-refractivity contribution < 1.29 is 8.78 Å². The van der Waals surface area contributed by atoms with Gasteiger partial charge >= 0.3 is 0 Å². The number of benzene rings is 1. The number of nitriles is 1. The summed E-state index contributed by atoms with van der Waals surface area (Å²) in [4.78, 5) is 3.86. The first-order valence-corrected chi connectivity index (χ1v) is 5.26. The van der Waals surface area contributed by atoms with Gasteiger partial charge in [-0.3, -0.25) is 0 Å².